The number of ether oxygens (including phenoxy) is 1. The van der Waals surface area contributed by atoms with Gasteiger partial charge in [-0.1, -0.05) is 49.5 Å². The van der Waals surface area contributed by atoms with Crippen LogP contribution in [0.3, 0.4) is 0 Å². The highest BCUT2D eigenvalue weighted by Gasteiger charge is 2.52. The number of likely N-dealkylation sites (tertiary alicyclic amines) is 1. The lowest BCUT2D eigenvalue weighted by molar-refractivity contribution is -0.154. The van der Waals surface area contributed by atoms with E-state index >= 15 is 0 Å². The highest BCUT2D eigenvalue weighted by atomic mass is 79.9. The number of halogens is 3. The molecule has 1 aliphatic heterocycles. The summed E-state index contributed by atoms with van der Waals surface area (Å²) in [5.41, 5.74) is 1.32. The van der Waals surface area contributed by atoms with Crippen LogP contribution in [0.25, 0.3) is 0 Å². The van der Waals surface area contributed by atoms with E-state index in [4.69, 9.17) is 16.3 Å². The van der Waals surface area contributed by atoms with E-state index in [0.717, 1.165) is 10.5 Å². The molecule has 1 saturated carbocycles. The van der Waals surface area contributed by atoms with Gasteiger partial charge >= 0.3 is 5.97 Å². The fraction of sp³-hybridized carbons (Fsp3) is 0.474. The second-order valence-corrected chi connectivity index (χ2v) is 9.94. The topological polar surface area (TPSA) is 92.8 Å². The number of anilines is 1. The molecular formula is C19H19Br2ClN2O5. The normalized spacial score (nSPS) is 26.3. The van der Waals surface area contributed by atoms with Crippen LogP contribution < -0.4 is 5.32 Å². The standard InChI is InChI=1S/C19H19Br2ClN2O5/c1-9-2-3-10(22)4-15(9)23-16(25)8-29-17(26)7-24-18(27)11-5-13(20)14(21)6-12(11)19(24)28/h2-4,11-14H,5-8H2,1H3,(H,23,25)/t11-,12-,13+,14+/m1/s1. The number of carbonyl (C=O) groups excluding carboxylic acids is 4. The van der Waals surface area contributed by atoms with Crippen LogP contribution in [0.5, 0.6) is 0 Å². The summed E-state index contributed by atoms with van der Waals surface area (Å²) < 4.78 is 4.95. The number of rotatable bonds is 5. The number of nitrogens with one attached hydrogen (secondary N) is 1. The van der Waals surface area contributed by atoms with E-state index in [1.807, 2.05) is 0 Å². The molecule has 1 aromatic carbocycles. The van der Waals surface area contributed by atoms with Crippen molar-refractivity contribution in [3.8, 4) is 0 Å². The van der Waals surface area contributed by atoms with Gasteiger partial charge in [0, 0.05) is 20.4 Å². The summed E-state index contributed by atoms with van der Waals surface area (Å²) in [5, 5.41) is 3.07. The molecule has 0 unspecified atom stereocenters. The molecule has 0 spiro atoms. The number of aryl methyl sites for hydroxylation is 1. The summed E-state index contributed by atoms with van der Waals surface area (Å²) in [7, 11) is 0. The van der Waals surface area contributed by atoms with Gasteiger partial charge in [0.25, 0.3) is 5.91 Å². The van der Waals surface area contributed by atoms with Crippen molar-refractivity contribution in [1.82, 2.24) is 4.90 Å². The fourth-order valence-electron chi connectivity index (χ4n) is 3.56. The number of benzene rings is 1. The monoisotopic (exact) mass is 548 g/mol. The van der Waals surface area contributed by atoms with Crippen LogP contribution in [0, 0.1) is 18.8 Å². The fourth-order valence-corrected chi connectivity index (χ4v) is 4.96. The molecule has 7 nitrogen and oxygen atoms in total. The maximum atomic E-state index is 12.6. The molecule has 1 N–H and O–H groups in total. The predicted molar refractivity (Wildman–Crippen MR) is 114 cm³/mol. The molecule has 1 saturated heterocycles. The molecule has 1 aliphatic carbocycles. The zero-order valence-electron chi connectivity index (χ0n) is 15.5. The number of esters is 1. The number of alkyl halides is 2. The molecule has 2 aliphatic rings. The lowest BCUT2D eigenvalue weighted by Gasteiger charge is -2.29. The Kier molecular flexibility index (Phi) is 7.01. The van der Waals surface area contributed by atoms with Crippen molar-refractivity contribution in [2.45, 2.75) is 29.4 Å². The average Bonchev–Trinajstić information content (AvgIpc) is 2.88. The largest absolute Gasteiger partial charge is 0.454 e. The number of imide groups is 1. The van der Waals surface area contributed by atoms with Crippen LogP contribution in [0.4, 0.5) is 5.69 Å². The van der Waals surface area contributed by atoms with E-state index in [1.165, 1.54) is 0 Å². The summed E-state index contributed by atoms with van der Waals surface area (Å²) in [4.78, 5) is 50.4. The zero-order chi connectivity index (χ0) is 21.3. The Balaban J connectivity index is 1.53. The van der Waals surface area contributed by atoms with Crippen molar-refractivity contribution >= 4 is 72.8 Å². The summed E-state index contributed by atoms with van der Waals surface area (Å²) >= 11 is 12.9. The molecule has 0 radical (unpaired) electrons. The molecule has 4 atom stereocenters. The van der Waals surface area contributed by atoms with Gasteiger partial charge < -0.3 is 10.1 Å². The van der Waals surface area contributed by atoms with Crippen molar-refractivity contribution < 1.29 is 23.9 Å². The van der Waals surface area contributed by atoms with E-state index in [9.17, 15) is 19.2 Å². The van der Waals surface area contributed by atoms with Gasteiger partial charge in [0.1, 0.15) is 6.54 Å². The highest BCUT2D eigenvalue weighted by molar-refractivity contribution is 9.12. The Morgan fingerprint density at radius 3 is 2.34 bits per heavy atom. The second-order valence-electron chi connectivity index (χ2n) is 7.15. The van der Waals surface area contributed by atoms with Crippen LogP contribution in [-0.2, 0) is 23.9 Å². The molecule has 1 aromatic rings. The van der Waals surface area contributed by atoms with Gasteiger partial charge in [0.05, 0.1) is 11.8 Å². The van der Waals surface area contributed by atoms with Crippen molar-refractivity contribution in [2.24, 2.45) is 11.8 Å². The molecular weight excluding hydrogens is 531 g/mol. The molecule has 3 amide bonds. The SMILES string of the molecule is Cc1ccc(Cl)cc1NC(=O)COC(=O)CN1C(=O)[C@@H]2C[C@H](Br)[C@@H](Br)C[C@H]2C1=O. The van der Waals surface area contributed by atoms with Gasteiger partial charge in [-0.15, -0.1) is 0 Å². The summed E-state index contributed by atoms with van der Waals surface area (Å²) in [6.45, 7) is 0.784. The minimum absolute atomic E-state index is 0.0889. The smallest absolute Gasteiger partial charge is 0.326 e. The third kappa shape index (κ3) is 5.00. The van der Waals surface area contributed by atoms with Crippen molar-refractivity contribution in [3.05, 3.63) is 28.8 Å². The molecule has 10 heteroatoms. The quantitative estimate of drug-likeness (QED) is 0.346. The first kappa shape index (κ1) is 22.2. The van der Waals surface area contributed by atoms with Crippen molar-refractivity contribution in [1.29, 1.82) is 0 Å². The van der Waals surface area contributed by atoms with Gasteiger partial charge in [-0.3, -0.25) is 24.1 Å². The Labute approximate surface area is 189 Å². The molecule has 1 heterocycles. The van der Waals surface area contributed by atoms with E-state index in [-0.39, 0.29) is 21.5 Å². The zero-order valence-corrected chi connectivity index (χ0v) is 19.4. The van der Waals surface area contributed by atoms with Gasteiger partial charge in [-0.2, -0.15) is 0 Å². The minimum Gasteiger partial charge on any atom is -0.454 e. The molecule has 2 fully saturated rings. The first-order valence-corrected chi connectivity index (χ1v) is 11.2. The van der Waals surface area contributed by atoms with Crippen LogP contribution in [0.2, 0.25) is 5.02 Å². The molecule has 0 bridgehead atoms. The molecule has 29 heavy (non-hydrogen) atoms. The van der Waals surface area contributed by atoms with E-state index in [2.05, 4.69) is 37.2 Å². The minimum atomic E-state index is -0.811. The first-order valence-electron chi connectivity index (χ1n) is 9.02. The van der Waals surface area contributed by atoms with Crippen LogP contribution in [-0.4, -0.2) is 51.4 Å². The Bertz CT molecular complexity index is 837. The lowest BCUT2D eigenvalue weighted by Crippen LogP contribution is -2.37. The molecule has 156 valence electrons. The number of amides is 3. The van der Waals surface area contributed by atoms with E-state index in [0.29, 0.717) is 23.6 Å². The van der Waals surface area contributed by atoms with Gasteiger partial charge in [0.2, 0.25) is 11.8 Å². The average molecular weight is 551 g/mol. The predicted octanol–water partition coefficient (Wildman–Crippen LogP) is 3.05. The second kappa shape index (κ2) is 9.14. The summed E-state index contributed by atoms with van der Waals surface area (Å²) in [6.07, 6.45) is 1.05. The van der Waals surface area contributed by atoms with Gasteiger partial charge in [0.15, 0.2) is 6.61 Å². The highest BCUT2D eigenvalue weighted by Crippen LogP contribution is 2.43. The van der Waals surface area contributed by atoms with Gasteiger partial charge in [-0.25, -0.2) is 0 Å². The van der Waals surface area contributed by atoms with Gasteiger partial charge in [-0.05, 0) is 37.5 Å². The Hall–Kier alpha value is -1.45. The maximum absolute atomic E-state index is 12.6. The first-order chi connectivity index (χ1) is 13.7. The lowest BCUT2D eigenvalue weighted by atomic mass is 9.81. The van der Waals surface area contributed by atoms with E-state index < -0.39 is 36.9 Å². The number of hydrogen-bond donors (Lipinski definition) is 1. The van der Waals surface area contributed by atoms with Crippen molar-refractivity contribution in [3.63, 3.8) is 0 Å². The third-order valence-electron chi connectivity index (χ3n) is 5.13. The maximum Gasteiger partial charge on any atom is 0.326 e. The van der Waals surface area contributed by atoms with Crippen LogP contribution in [0.1, 0.15) is 18.4 Å². The van der Waals surface area contributed by atoms with E-state index in [1.54, 1.807) is 25.1 Å². The summed E-state index contributed by atoms with van der Waals surface area (Å²) in [5.74, 6) is -2.93. The van der Waals surface area contributed by atoms with Crippen LogP contribution in [0.15, 0.2) is 18.2 Å². The number of carbonyl (C=O) groups is 4. The Morgan fingerprint density at radius 2 is 1.76 bits per heavy atom. The molecule has 0 aromatic heterocycles. The number of nitrogens with zero attached hydrogens (tertiary/aromatic N) is 1. The van der Waals surface area contributed by atoms with Crippen molar-refractivity contribution in [2.75, 3.05) is 18.5 Å². The third-order valence-corrected chi connectivity index (χ3v) is 8.10. The number of hydrogen-bond acceptors (Lipinski definition) is 5. The van der Waals surface area contributed by atoms with Crippen LogP contribution >= 0.6 is 43.5 Å². The Morgan fingerprint density at radius 1 is 1.17 bits per heavy atom. The number of fused-ring (bicyclic) bond motifs is 1. The molecule has 3 rings (SSSR count). The summed E-state index contributed by atoms with van der Waals surface area (Å²) in [6, 6.07) is 5.04.